The van der Waals surface area contributed by atoms with Crippen LogP contribution in [0.5, 0.6) is 0 Å². The summed E-state index contributed by atoms with van der Waals surface area (Å²) >= 11 is 0. The molecule has 0 aliphatic carbocycles. The number of aromatic nitrogens is 6. The van der Waals surface area contributed by atoms with Crippen LogP contribution in [0, 0.1) is 5.82 Å². The molecule has 3 heterocycles. The Kier molecular flexibility index (Phi) is 3.52. The Morgan fingerprint density at radius 3 is 2.52 bits per heavy atom. The van der Waals surface area contributed by atoms with Crippen molar-refractivity contribution in [2.45, 2.75) is 26.8 Å². The maximum absolute atomic E-state index is 13.3. The highest BCUT2D eigenvalue weighted by molar-refractivity contribution is 5.83. The number of hydrogen-bond acceptors (Lipinski definition) is 5. The third kappa shape index (κ3) is 2.29. The molecule has 0 unspecified atom stereocenters. The normalized spacial score (nSPS) is 11.5. The minimum atomic E-state index is -0.309. The first-order valence-corrected chi connectivity index (χ1v) is 8.03. The topological polar surface area (TPSA) is 78.0 Å². The fourth-order valence-electron chi connectivity index (χ4n) is 2.89. The molecule has 0 amide bonds. The van der Waals surface area contributed by atoms with Crippen molar-refractivity contribution < 1.29 is 4.39 Å². The highest BCUT2D eigenvalue weighted by atomic mass is 19.1. The summed E-state index contributed by atoms with van der Waals surface area (Å²) in [6.45, 7) is 4.33. The number of hydrogen-bond donors (Lipinski definition) is 0. The van der Waals surface area contributed by atoms with Gasteiger partial charge in [-0.15, -0.1) is 10.2 Å². The number of benzene rings is 1. The Morgan fingerprint density at radius 1 is 1.08 bits per heavy atom. The van der Waals surface area contributed by atoms with Gasteiger partial charge in [-0.25, -0.2) is 9.37 Å². The minimum absolute atomic E-state index is 0.174. The Morgan fingerprint density at radius 2 is 1.84 bits per heavy atom. The van der Waals surface area contributed by atoms with Crippen LogP contribution >= 0.6 is 0 Å². The number of nitrogens with zero attached hydrogens (tertiary/aromatic N) is 6. The Hall–Kier alpha value is -3.16. The molecular weight excluding hydrogens is 323 g/mol. The summed E-state index contributed by atoms with van der Waals surface area (Å²) < 4.78 is 16.3. The second kappa shape index (κ2) is 5.73. The van der Waals surface area contributed by atoms with Crippen LogP contribution in [-0.2, 0) is 13.0 Å². The molecular formula is C17H15FN6O. The number of fused-ring (bicyclic) bond motifs is 3. The summed E-state index contributed by atoms with van der Waals surface area (Å²) in [4.78, 5) is 16.7. The van der Waals surface area contributed by atoms with E-state index in [1.165, 1.54) is 23.0 Å². The summed E-state index contributed by atoms with van der Waals surface area (Å²) in [6.07, 6.45) is 2.14. The first-order valence-electron chi connectivity index (χ1n) is 8.03. The summed E-state index contributed by atoms with van der Waals surface area (Å²) in [7, 11) is 0. The van der Waals surface area contributed by atoms with Crippen LogP contribution in [0.3, 0.4) is 0 Å². The summed E-state index contributed by atoms with van der Waals surface area (Å²) in [5.74, 6) is -0.309. The first kappa shape index (κ1) is 15.4. The Balaban J connectivity index is 2.08. The molecule has 0 radical (unpaired) electrons. The van der Waals surface area contributed by atoms with Gasteiger partial charge in [0.05, 0.1) is 11.3 Å². The molecule has 4 aromatic rings. The fourth-order valence-corrected chi connectivity index (χ4v) is 2.89. The van der Waals surface area contributed by atoms with Crippen molar-refractivity contribution in [2.24, 2.45) is 0 Å². The Bertz CT molecular complexity index is 1150. The highest BCUT2D eigenvalue weighted by Crippen LogP contribution is 2.28. The molecule has 7 nitrogen and oxygen atoms in total. The van der Waals surface area contributed by atoms with E-state index in [9.17, 15) is 9.18 Å². The van der Waals surface area contributed by atoms with Gasteiger partial charge in [0.1, 0.15) is 12.1 Å². The lowest BCUT2D eigenvalue weighted by molar-refractivity contribution is 0.628. The van der Waals surface area contributed by atoms with E-state index < -0.39 is 0 Å². The zero-order valence-electron chi connectivity index (χ0n) is 13.8. The maximum Gasteiger partial charge on any atom is 0.283 e. The monoisotopic (exact) mass is 338 g/mol. The van der Waals surface area contributed by atoms with E-state index in [0.29, 0.717) is 24.3 Å². The van der Waals surface area contributed by atoms with Crippen molar-refractivity contribution >= 4 is 16.8 Å². The van der Waals surface area contributed by atoms with Gasteiger partial charge in [0.15, 0.2) is 16.8 Å². The van der Waals surface area contributed by atoms with E-state index in [1.54, 1.807) is 16.6 Å². The third-order valence-corrected chi connectivity index (χ3v) is 4.18. The van der Waals surface area contributed by atoms with Crippen molar-refractivity contribution in [1.82, 2.24) is 29.4 Å². The van der Waals surface area contributed by atoms with Gasteiger partial charge in [-0.05, 0) is 31.0 Å². The largest absolute Gasteiger partial charge is 0.297 e. The van der Waals surface area contributed by atoms with Gasteiger partial charge in [-0.2, -0.15) is 9.61 Å². The molecule has 1 aromatic carbocycles. The van der Waals surface area contributed by atoms with Crippen LogP contribution in [0.1, 0.15) is 19.5 Å². The smallest absolute Gasteiger partial charge is 0.283 e. The zero-order chi connectivity index (χ0) is 17.6. The van der Waals surface area contributed by atoms with Gasteiger partial charge < -0.3 is 0 Å². The molecule has 25 heavy (non-hydrogen) atoms. The quantitative estimate of drug-likeness (QED) is 0.572. The molecule has 0 N–H and O–H groups in total. The van der Waals surface area contributed by atoms with E-state index in [-0.39, 0.29) is 16.9 Å². The first-order chi connectivity index (χ1) is 12.1. The van der Waals surface area contributed by atoms with Crippen molar-refractivity contribution in [3.05, 3.63) is 52.5 Å². The molecule has 0 spiro atoms. The van der Waals surface area contributed by atoms with Crippen molar-refractivity contribution in [3.63, 3.8) is 0 Å². The van der Waals surface area contributed by atoms with E-state index in [1.807, 2.05) is 13.8 Å². The molecule has 0 saturated carbocycles. The van der Waals surface area contributed by atoms with Gasteiger partial charge in [-0.1, -0.05) is 19.1 Å². The number of aryl methyl sites for hydroxylation is 2. The molecule has 0 saturated heterocycles. The summed E-state index contributed by atoms with van der Waals surface area (Å²) in [5, 5.41) is 12.9. The van der Waals surface area contributed by atoms with Gasteiger partial charge in [-0.3, -0.25) is 9.36 Å². The molecule has 0 aliphatic heterocycles. The van der Waals surface area contributed by atoms with Gasteiger partial charge in [0.25, 0.3) is 5.56 Å². The number of rotatable bonds is 3. The van der Waals surface area contributed by atoms with Gasteiger partial charge in [0.2, 0.25) is 0 Å². The SMILES string of the molecule is CCc1nn2c(nnc3c(=O)n(CC)cnc32)c1-c1ccc(F)cc1. The minimum Gasteiger partial charge on any atom is -0.297 e. The third-order valence-electron chi connectivity index (χ3n) is 4.18. The lowest BCUT2D eigenvalue weighted by atomic mass is 10.0. The van der Waals surface area contributed by atoms with Crippen molar-refractivity contribution in [2.75, 3.05) is 0 Å². The van der Waals surface area contributed by atoms with Crippen molar-refractivity contribution in [1.29, 1.82) is 0 Å². The predicted molar refractivity (Wildman–Crippen MR) is 90.8 cm³/mol. The van der Waals surface area contributed by atoms with Crippen molar-refractivity contribution in [3.8, 4) is 11.1 Å². The average Bonchev–Trinajstić information content (AvgIpc) is 3.02. The molecule has 0 aliphatic rings. The van der Waals surface area contributed by atoms with E-state index >= 15 is 0 Å². The number of halogens is 1. The van der Waals surface area contributed by atoms with Crippen LogP contribution in [0.4, 0.5) is 4.39 Å². The molecule has 0 fully saturated rings. The molecule has 126 valence electrons. The van der Waals surface area contributed by atoms with E-state index in [0.717, 1.165) is 16.8 Å². The zero-order valence-corrected chi connectivity index (χ0v) is 13.8. The van der Waals surface area contributed by atoms with Crippen LogP contribution in [0.15, 0.2) is 35.4 Å². The average molecular weight is 338 g/mol. The lowest BCUT2D eigenvalue weighted by Crippen LogP contribution is -2.22. The van der Waals surface area contributed by atoms with Gasteiger partial charge in [0, 0.05) is 6.54 Å². The standard InChI is InChI=1S/C17H15FN6O/c1-3-12-13(10-5-7-11(18)8-6-10)15-21-20-14-16(24(15)22-12)19-9-23(4-2)17(14)25/h5-9H,3-4H2,1-2H3. The summed E-state index contributed by atoms with van der Waals surface area (Å²) in [5.41, 5.74) is 3.14. The van der Waals surface area contributed by atoms with Crippen LogP contribution in [0.2, 0.25) is 0 Å². The van der Waals surface area contributed by atoms with Crippen LogP contribution in [0.25, 0.3) is 27.9 Å². The second-order valence-corrected chi connectivity index (χ2v) is 5.63. The molecule has 0 bridgehead atoms. The molecule has 8 heteroatoms. The fraction of sp³-hybridized carbons (Fsp3) is 0.235. The summed E-state index contributed by atoms with van der Waals surface area (Å²) in [6, 6.07) is 6.15. The molecule has 3 aromatic heterocycles. The van der Waals surface area contributed by atoms with Crippen LogP contribution < -0.4 is 5.56 Å². The van der Waals surface area contributed by atoms with E-state index in [4.69, 9.17) is 0 Å². The Labute approximate surface area is 141 Å². The highest BCUT2D eigenvalue weighted by Gasteiger charge is 2.19. The second-order valence-electron chi connectivity index (χ2n) is 5.63. The molecule has 4 rings (SSSR count). The predicted octanol–water partition coefficient (Wildman–Crippen LogP) is 2.22. The van der Waals surface area contributed by atoms with E-state index in [2.05, 4.69) is 20.3 Å². The maximum atomic E-state index is 13.3. The van der Waals surface area contributed by atoms with Gasteiger partial charge >= 0.3 is 0 Å². The lowest BCUT2D eigenvalue weighted by Gasteiger charge is -2.04. The molecule has 0 atom stereocenters. The van der Waals surface area contributed by atoms with Crippen LogP contribution in [-0.4, -0.2) is 29.4 Å².